The maximum absolute atomic E-state index is 13.6. The molecule has 1 aliphatic heterocycles. The number of carbonyl (C=O) groups excluding carboxylic acids is 2. The normalized spacial score (nSPS) is 18.7. The van der Waals surface area contributed by atoms with Crippen LogP contribution in [0.25, 0.3) is 11.3 Å². The number of nitrogens with one attached hydrogen (secondary N) is 1. The molecule has 0 unspecified atom stereocenters. The first-order chi connectivity index (χ1) is 17.9. The first kappa shape index (κ1) is 27.6. The summed E-state index contributed by atoms with van der Waals surface area (Å²) in [5, 5.41) is 17.4. The second kappa shape index (κ2) is 10.7. The van der Waals surface area contributed by atoms with Crippen LogP contribution in [-0.2, 0) is 21.5 Å². The molecular formula is C29H38N4O5. The number of aryl methyl sites for hydroxylation is 2. The molecule has 1 aliphatic rings. The minimum Gasteiger partial charge on any atom is -0.443 e. The van der Waals surface area contributed by atoms with Gasteiger partial charge < -0.3 is 24.3 Å². The molecule has 0 radical (unpaired) electrons. The quantitative estimate of drug-likeness (QED) is 0.475. The van der Waals surface area contributed by atoms with Crippen molar-refractivity contribution in [3.63, 3.8) is 0 Å². The molecule has 4 rings (SSSR count). The van der Waals surface area contributed by atoms with Crippen LogP contribution in [0.5, 0.6) is 0 Å². The topological polar surface area (TPSA) is 122 Å². The highest BCUT2D eigenvalue weighted by atomic mass is 16.5. The number of aliphatic hydroxyl groups excluding tert-OH is 1. The minimum absolute atomic E-state index is 0.0721. The van der Waals surface area contributed by atoms with Crippen LogP contribution in [0.3, 0.4) is 0 Å². The van der Waals surface area contributed by atoms with Crippen LogP contribution in [0.15, 0.2) is 39.6 Å². The van der Waals surface area contributed by atoms with Crippen LogP contribution in [0.1, 0.15) is 75.2 Å². The van der Waals surface area contributed by atoms with Gasteiger partial charge in [0.2, 0.25) is 11.8 Å². The van der Waals surface area contributed by atoms with Gasteiger partial charge in [0.1, 0.15) is 17.7 Å². The SMILES string of the molecule is Cc1cc([C@H](C(=O)N2C[C@H](O)C[C@H]2C(=O)NCc2ccc(-c3ocnc3C)cc2C(C)(C)C)C(C)C)on1. The zero-order valence-electron chi connectivity index (χ0n) is 23.2. The molecule has 3 heterocycles. The molecule has 1 saturated heterocycles. The smallest absolute Gasteiger partial charge is 0.243 e. The van der Waals surface area contributed by atoms with Crippen molar-refractivity contribution in [2.24, 2.45) is 5.92 Å². The van der Waals surface area contributed by atoms with Gasteiger partial charge in [-0.15, -0.1) is 0 Å². The van der Waals surface area contributed by atoms with E-state index >= 15 is 0 Å². The predicted octanol–water partition coefficient (Wildman–Crippen LogP) is 4.26. The van der Waals surface area contributed by atoms with Crippen LogP contribution in [0.2, 0.25) is 0 Å². The second-order valence-electron chi connectivity index (χ2n) is 11.6. The lowest BCUT2D eigenvalue weighted by Gasteiger charge is -2.29. The van der Waals surface area contributed by atoms with Crippen molar-refractivity contribution in [2.75, 3.05) is 6.54 Å². The molecule has 0 aliphatic carbocycles. The van der Waals surface area contributed by atoms with E-state index in [1.165, 1.54) is 11.3 Å². The van der Waals surface area contributed by atoms with Gasteiger partial charge >= 0.3 is 0 Å². The summed E-state index contributed by atoms with van der Waals surface area (Å²) in [4.78, 5) is 32.7. The molecule has 1 aromatic carbocycles. The number of aliphatic hydroxyl groups is 1. The molecule has 2 N–H and O–H groups in total. The average molecular weight is 523 g/mol. The lowest BCUT2D eigenvalue weighted by Crippen LogP contribution is -2.48. The number of hydrogen-bond acceptors (Lipinski definition) is 7. The number of hydrogen-bond donors (Lipinski definition) is 2. The van der Waals surface area contributed by atoms with Gasteiger partial charge in [0.15, 0.2) is 12.2 Å². The molecule has 2 amide bonds. The van der Waals surface area contributed by atoms with Crippen molar-refractivity contribution < 1.29 is 23.6 Å². The molecule has 204 valence electrons. The van der Waals surface area contributed by atoms with Crippen LogP contribution >= 0.6 is 0 Å². The van der Waals surface area contributed by atoms with Crippen LogP contribution in [-0.4, -0.2) is 50.7 Å². The van der Waals surface area contributed by atoms with E-state index in [-0.39, 0.29) is 36.1 Å². The van der Waals surface area contributed by atoms with E-state index in [1.54, 1.807) is 13.0 Å². The molecule has 2 aromatic heterocycles. The van der Waals surface area contributed by atoms with Crippen LogP contribution < -0.4 is 5.32 Å². The van der Waals surface area contributed by atoms with Gasteiger partial charge in [-0.2, -0.15) is 0 Å². The van der Waals surface area contributed by atoms with Gasteiger partial charge in [-0.25, -0.2) is 4.98 Å². The van der Waals surface area contributed by atoms with Crippen molar-refractivity contribution in [1.29, 1.82) is 0 Å². The van der Waals surface area contributed by atoms with Crippen molar-refractivity contribution >= 4 is 11.8 Å². The molecule has 9 nitrogen and oxygen atoms in total. The molecule has 38 heavy (non-hydrogen) atoms. The summed E-state index contributed by atoms with van der Waals surface area (Å²) in [5.74, 6) is 0.00604. The molecule has 0 saturated carbocycles. The van der Waals surface area contributed by atoms with Crippen molar-refractivity contribution in [1.82, 2.24) is 20.4 Å². The largest absolute Gasteiger partial charge is 0.443 e. The maximum atomic E-state index is 13.6. The predicted molar refractivity (Wildman–Crippen MR) is 142 cm³/mol. The monoisotopic (exact) mass is 522 g/mol. The molecule has 0 spiro atoms. The van der Waals surface area contributed by atoms with Crippen LogP contribution in [0, 0.1) is 19.8 Å². The summed E-state index contributed by atoms with van der Waals surface area (Å²) in [6.07, 6.45) is 0.855. The fraction of sp³-hybridized carbons (Fsp3) is 0.517. The summed E-state index contributed by atoms with van der Waals surface area (Å²) in [7, 11) is 0. The molecule has 9 heteroatoms. The zero-order valence-corrected chi connectivity index (χ0v) is 23.2. The van der Waals surface area contributed by atoms with E-state index in [1.807, 2.05) is 32.9 Å². The van der Waals surface area contributed by atoms with Crippen molar-refractivity contribution in [3.8, 4) is 11.3 Å². The van der Waals surface area contributed by atoms with E-state index in [2.05, 4.69) is 42.3 Å². The number of aromatic nitrogens is 2. The Morgan fingerprint density at radius 3 is 2.53 bits per heavy atom. The first-order valence-corrected chi connectivity index (χ1v) is 13.1. The van der Waals surface area contributed by atoms with Gasteiger partial charge in [-0.05, 0) is 42.4 Å². The second-order valence-corrected chi connectivity index (χ2v) is 11.6. The third-order valence-corrected chi connectivity index (χ3v) is 7.13. The summed E-state index contributed by atoms with van der Waals surface area (Å²) >= 11 is 0. The average Bonchev–Trinajstić information content (AvgIpc) is 3.56. The number of likely N-dealkylation sites (tertiary alicyclic amines) is 1. The highest BCUT2D eigenvalue weighted by Gasteiger charge is 2.43. The van der Waals surface area contributed by atoms with Crippen LogP contribution in [0.4, 0.5) is 0 Å². The number of amides is 2. The Labute approximate surface area is 223 Å². The van der Waals surface area contributed by atoms with Gasteiger partial charge in [-0.3, -0.25) is 9.59 Å². The number of β-amino-alcohol motifs (C(OH)–C–C–N with tert-alkyl or cyclic N) is 1. The summed E-state index contributed by atoms with van der Waals surface area (Å²) in [6.45, 7) is 14.3. The molecule has 3 aromatic rings. The zero-order chi connectivity index (χ0) is 27.8. The fourth-order valence-corrected chi connectivity index (χ4v) is 5.20. The Morgan fingerprint density at radius 2 is 1.95 bits per heavy atom. The third kappa shape index (κ3) is 5.67. The number of benzene rings is 1. The lowest BCUT2D eigenvalue weighted by molar-refractivity contribution is -0.141. The summed E-state index contributed by atoms with van der Waals surface area (Å²) in [5.41, 5.74) is 4.29. The van der Waals surface area contributed by atoms with E-state index in [9.17, 15) is 14.7 Å². The number of carbonyl (C=O) groups is 2. The van der Waals surface area contributed by atoms with E-state index < -0.39 is 18.1 Å². The maximum Gasteiger partial charge on any atom is 0.243 e. The van der Waals surface area contributed by atoms with Crippen molar-refractivity contribution in [2.45, 2.75) is 84.9 Å². The van der Waals surface area contributed by atoms with Gasteiger partial charge in [0, 0.05) is 31.1 Å². The Balaban J connectivity index is 1.53. The fourth-order valence-electron chi connectivity index (χ4n) is 5.20. The Hall–Kier alpha value is -3.46. The summed E-state index contributed by atoms with van der Waals surface area (Å²) < 4.78 is 11.0. The van der Waals surface area contributed by atoms with E-state index in [4.69, 9.17) is 8.94 Å². The Bertz CT molecular complexity index is 1300. The molecular weight excluding hydrogens is 484 g/mol. The number of oxazole rings is 1. The van der Waals surface area contributed by atoms with E-state index in [0.29, 0.717) is 18.0 Å². The first-order valence-electron chi connectivity index (χ1n) is 13.1. The van der Waals surface area contributed by atoms with Crippen molar-refractivity contribution in [3.05, 3.63) is 58.9 Å². The van der Waals surface area contributed by atoms with Gasteiger partial charge in [0.25, 0.3) is 0 Å². The highest BCUT2D eigenvalue weighted by molar-refractivity contribution is 5.91. The van der Waals surface area contributed by atoms with Gasteiger partial charge in [0.05, 0.1) is 17.5 Å². The third-order valence-electron chi connectivity index (χ3n) is 7.13. The lowest BCUT2D eigenvalue weighted by atomic mass is 9.82. The van der Waals surface area contributed by atoms with Gasteiger partial charge in [-0.1, -0.05) is 51.9 Å². The minimum atomic E-state index is -0.770. The standard InChI is InChI=1S/C29H38N4O5/c1-16(2)25(24-10-17(3)32-38-24)28(36)33-14-21(34)12-23(33)27(35)30-13-20-9-8-19(11-22(20)29(5,6)7)26-18(4)31-15-37-26/h8-11,15-16,21,23,25,34H,12-14H2,1-7H3,(H,30,35)/t21-,23+,25-/m1/s1. The highest BCUT2D eigenvalue weighted by Crippen LogP contribution is 2.33. The number of rotatable bonds is 7. The Kier molecular flexibility index (Phi) is 7.78. The Morgan fingerprint density at radius 1 is 1.21 bits per heavy atom. The molecule has 0 bridgehead atoms. The molecule has 3 atom stereocenters. The number of nitrogens with zero attached hydrogens (tertiary/aromatic N) is 3. The summed E-state index contributed by atoms with van der Waals surface area (Å²) in [6, 6.07) is 7.02. The molecule has 1 fully saturated rings. The van der Waals surface area contributed by atoms with E-state index in [0.717, 1.165) is 28.1 Å².